The monoisotopic (exact) mass is 285 g/mol. The lowest BCUT2D eigenvalue weighted by Crippen LogP contribution is -2.36. The van der Waals surface area contributed by atoms with Gasteiger partial charge in [-0.1, -0.05) is 17.7 Å². The van der Waals surface area contributed by atoms with Crippen LogP contribution in [0.4, 0.5) is 4.39 Å². The molecule has 1 aromatic carbocycles. The molecule has 1 saturated heterocycles. The first-order valence-corrected chi connectivity index (χ1v) is 6.96. The van der Waals surface area contributed by atoms with Gasteiger partial charge in [0.05, 0.1) is 5.02 Å². The van der Waals surface area contributed by atoms with Crippen molar-refractivity contribution in [2.45, 2.75) is 18.5 Å². The van der Waals surface area contributed by atoms with Crippen molar-refractivity contribution >= 4 is 11.6 Å². The van der Waals surface area contributed by atoms with Crippen molar-refractivity contribution in [1.29, 1.82) is 0 Å². The number of halogens is 2. The van der Waals surface area contributed by atoms with Gasteiger partial charge in [-0.25, -0.2) is 4.39 Å². The van der Waals surface area contributed by atoms with Crippen LogP contribution in [0, 0.1) is 5.82 Å². The Morgan fingerprint density at radius 3 is 2.79 bits per heavy atom. The van der Waals surface area contributed by atoms with E-state index in [1.807, 2.05) is 6.07 Å². The van der Waals surface area contributed by atoms with Gasteiger partial charge in [0.15, 0.2) is 0 Å². The predicted octanol–water partition coefficient (Wildman–Crippen LogP) is 2.11. The van der Waals surface area contributed by atoms with Gasteiger partial charge in [0.2, 0.25) is 0 Å². The first-order valence-electron chi connectivity index (χ1n) is 6.58. The summed E-state index contributed by atoms with van der Waals surface area (Å²) in [5, 5.41) is 0.159. The molecule has 106 valence electrons. The van der Waals surface area contributed by atoms with E-state index in [2.05, 4.69) is 23.9 Å². The standard InChI is InChI=1S/C14H21ClFN3/c1-18(2)11-5-6-19(9-11)14(8-17)10-3-4-12(15)13(16)7-10/h3-4,7,11,14H,5-6,8-9,17H2,1-2H3. The minimum absolute atomic E-state index is 0.0664. The smallest absolute Gasteiger partial charge is 0.142 e. The Morgan fingerprint density at radius 2 is 2.26 bits per heavy atom. The Labute approximate surface area is 119 Å². The molecule has 0 saturated carbocycles. The number of likely N-dealkylation sites (tertiary alicyclic amines) is 1. The highest BCUT2D eigenvalue weighted by Crippen LogP contribution is 2.27. The quantitative estimate of drug-likeness (QED) is 0.920. The van der Waals surface area contributed by atoms with E-state index in [0.717, 1.165) is 25.1 Å². The Balaban J connectivity index is 2.14. The van der Waals surface area contributed by atoms with Crippen LogP contribution in [0.3, 0.4) is 0 Å². The van der Waals surface area contributed by atoms with E-state index in [9.17, 15) is 4.39 Å². The number of nitrogens with zero attached hydrogens (tertiary/aromatic N) is 2. The van der Waals surface area contributed by atoms with E-state index < -0.39 is 0 Å². The van der Waals surface area contributed by atoms with Gasteiger partial charge in [-0.15, -0.1) is 0 Å². The van der Waals surface area contributed by atoms with Crippen LogP contribution in [0.2, 0.25) is 5.02 Å². The van der Waals surface area contributed by atoms with Crippen LogP contribution in [-0.2, 0) is 0 Å². The van der Waals surface area contributed by atoms with E-state index in [1.54, 1.807) is 6.07 Å². The fraction of sp³-hybridized carbons (Fsp3) is 0.571. The third-order valence-electron chi connectivity index (χ3n) is 3.92. The highest BCUT2D eigenvalue weighted by Gasteiger charge is 2.29. The SMILES string of the molecule is CN(C)C1CCN(C(CN)c2ccc(Cl)c(F)c2)C1. The van der Waals surface area contributed by atoms with Gasteiger partial charge >= 0.3 is 0 Å². The number of nitrogens with two attached hydrogens (primary N) is 1. The van der Waals surface area contributed by atoms with Crippen LogP contribution in [0.1, 0.15) is 18.0 Å². The average Bonchev–Trinajstić information content (AvgIpc) is 2.84. The number of hydrogen-bond acceptors (Lipinski definition) is 3. The maximum Gasteiger partial charge on any atom is 0.142 e. The summed E-state index contributed by atoms with van der Waals surface area (Å²) in [6.07, 6.45) is 1.12. The summed E-state index contributed by atoms with van der Waals surface area (Å²) < 4.78 is 13.6. The largest absolute Gasteiger partial charge is 0.329 e. The molecule has 0 radical (unpaired) electrons. The van der Waals surface area contributed by atoms with E-state index in [4.69, 9.17) is 17.3 Å². The first kappa shape index (κ1) is 14.7. The van der Waals surface area contributed by atoms with Crippen molar-refractivity contribution < 1.29 is 4.39 Å². The van der Waals surface area contributed by atoms with Crippen molar-refractivity contribution in [3.05, 3.63) is 34.6 Å². The maximum absolute atomic E-state index is 13.6. The molecular formula is C14H21ClFN3. The molecule has 1 aliphatic rings. The van der Waals surface area contributed by atoms with Crippen LogP contribution in [0.5, 0.6) is 0 Å². The Bertz CT molecular complexity index is 439. The number of benzene rings is 1. The van der Waals surface area contributed by atoms with Gasteiger partial charge in [-0.2, -0.15) is 0 Å². The Morgan fingerprint density at radius 1 is 1.53 bits per heavy atom. The molecule has 2 unspecified atom stereocenters. The second-order valence-electron chi connectivity index (χ2n) is 5.33. The molecule has 1 aromatic rings. The Kier molecular flexibility index (Phi) is 4.79. The summed E-state index contributed by atoms with van der Waals surface area (Å²) in [7, 11) is 4.18. The fourth-order valence-electron chi connectivity index (χ4n) is 2.69. The van der Waals surface area contributed by atoms with Gasteiger partial charge < -0.3 is 10.6 Å². The van der Waals surface area contributed by atoms with Gasteiger partial charge in [0.1, 0.15) is 5.82 Å². The summed E-state index contributed by atoms with van der Waals surface area (Å²) in [5.41, 5.74) is 6.79. The van der Waals surface area contributed by atoms with Crippen LogP contribution < -0.4 is 5.73 Å². The summed E-state index contributed by atoms with van der Waals surface area (Å²) in [6, 6.07) is 5.59. The minimum atomic E-state index is -0.374. The molecule has 1 heterocycles. The molecule has 0 spiro atoms. The molecule has 3 nitrogen and oxygen atoms in total. The predicted molar refractivity (Wildman–Crippen MR) is 76.9 cm³/mol. The van der Waals surface area contributed by atoms with Crippen molar-refractivity contribution in [2.24, 2.45) is 5.73 Å². The highest BCUT2D eigenvalue weighted by atomic mass is 35.5. The minimum Gasteiger partial charge on any atom is -0.329 e. The molecular weight excluding hydrogens is 265 g/mol. The molecule has 0 aromatic heterocycles. The second-order valence-corrected chi connectivity index (χ2v) is 5.73. The lowest BCUT2D eigenvalue weighted by Gasteiger charge is -2.28. The van der Waals surface area contributed by atoms with E-state index in [0.29, 0.717) is 12.6 Å². The number of rotatable bonds is 4. The lowest BCUT2D eigenvalue weighted by molar-refractivity contribution is 0.220. The lowest BCUT2D eigenvalue weighted by atomic mass is 10.1. The van der Waals surface area contributed by atoms with Crippen LogP contribution in [0.25, 0.3) is 0 Å². The molecule has 0 amide bonds. The third kappa shape index (κ3) is 3.26. The second kappa shape index (κ2) is 6.18. The first-order chi connectivity index (χ1) is 9.02. The van der Waals surface area contributed by atoms with Gasteiger partial charge in [0.25, 0.3) is 0 Å². The fourth-order valence-corrected chi connectivity index (χ4v) is 2.81. The molecule has 2 N–H and O–H groups in total. The molecule has 0 aliphatic carbocycles. The van der Waals surface area contributed by atoms with E-state index in [-0.39, 0.29) is 16.9 Å². The van der Waals surface area contributed by atoms with Crippen molar-refractivity contribution in [1.82, 2.24) is 9.80 Å². The third-order valence-corrected chi connectivity index (χ3v) is 4.22. The van der Waals surface area contributed by atoms with Gasteiger partial charge in [0, 0.05) is 31.7 Å². The summed E-state index contributed by atoms with van der Waals surface area (Å²) >= 11 is 5.73. The zero-order valence-electron chi connectivity index (χ0n) is 11.4. The molecule has 1 aliphatic heterocycles. The van der Waals surface area contributed by atoms with E-state index >= 15 is 0 Å². The molecule has 2 atom stereocenters. The van der Waals surface area contributed by atoms with Crippen LogP contribution >= 0.6 is 11.6 Å². The van der Waals surface area contributed by atoms with Gasteiger partial charge in [-0.3, -0.25) is 4.90 Å². The van der Waals surface area contributed by atoms with Crippen LogP contribution in [-0.4, -0.2) is 49.6 Å². The Hall–Kier alpha value is -0.680. The maximum atomic E-state index is 13.6. The number of likely N-dealkylation sites (N-methyl/N-ethyl adjacent to an activating group) is 1. The zero-order valence-corrected chi connectivity index (χ0v) is 12.2. The van der Waals surface area contributed by atoms with Gasteiger partial charge in [-0.05, 0) is 38.2 Å². The van der Waals surface area contributed by atoms with Crippen molar-refractivity contribution in [2.75, 3.05) is 33.7 Å². The molecule has 19 heavy (non-hydrogen) atoms. The summed E-state index contributed by atoms with van der Waals surface area (Å²) in [5.74, 6) is -0.374. The average molecular weight is 286 g/mol. The van der Waals surface area contributed by atoms with Crippen LogP contribution in [0.15, 0.2) is 18.2 Å². The topological polar surface area (TPSA) is 32.5 Å². The van der Waals surface area contributed by atoms with Crippen molar-refractivity contribution in [3.63, 3.8) is 0 Å². The van der Waals surface area contributed by atoms with E-state index in [1.165, 1.54) is 6.07 Å². The van der Waals surface area contributed by atoms with Crippen molar-refractivity contribution in [3.8, 4) is 0 Å². The molecule has 1 fully saturated rings. The summed E-state index contributed by atoms with van der Waals surface area (Å²) in [6.45, 7) is 2.45. The normalized spacial score (nSPS) is 22.1. The zero-order chi connectivity index (χ0) is 14.0. The molecule has 2 rings (SSSR count). The summed E-state index contributed by atoms with van der Waals surface area (Å²) in [4.78, 5) is 4.56. The highest BCUT2D eigenvalue weighted by molar-refractivity contribution is 6.30. The molecule has 0 bridgehead atoms. The number of hydrogen-bond donors (Lipinski definition) is 1. The molecule has 5 heteroatoms.